The van der Waals surface area contributed by atoms with Crippen LogP contribution in [0.5, 0.6) is 0 Å². The monoisotopic (exact) mass is 400 g/mol. The molecule has 0 radical (unpaired) electrons. The average molecular weight is 401 g/mol. The molecule has 2 aromatic heterocycles. The number of benzene rings is 2. The van der Waals surface area contributed by atoms with Gasteiger partial charge in [0.15, 0.2) is 4.96 Å². The lowest BCUT2D eigenvalue weighted by Crippen LogP contribution is -2.04. The van der Waals surface area contributed by atoms with Crippen LogP contribution in [0.2, 0.25) is 0 Å². The zero-order chi connectivity index (χ0) is 16.7. The summed E-state index contributed by atoms with van der Waals surface area (Å²) in [6.07, 6.45) is 1.88. The Morgan fingerprint density at radius 2 is 2.04 bits per heavy atom. The maximum Gasteiger partial charge on any atom is 0.338 e. The van der Waals surface area contributed by atoms with E-state index in [2.05, 4.69) is 37.4 Å². The minimum atomic E-state index is -0.293. The zero-order valence-electron chi connectivity index (χ0n) is 12.8. The normalized spacial score (nSPS) is 11.2. The third-order valence-electron chi connectivity index (χ3n) is 3.78. The van der Waals surface area contributed by atoms with Crippen molar-refractivity contribution in [2.24, 2.45) is 0 Å². The Balaban J connectivity index is 1.88. The molecule has 4 aromatic rings. The largest absolute Gasteiger partial charge is 0.462 e. The third kappa shape index (κ3) is 2.52. The number of ether oxygens (including phenoxy) is 1. The second kappa shape index (κ2) is 6.03. The molecule has 6 heteroatoms. The van der Waals surface area contributed by atoms with E-state index in [4.69, 9.17) is 4.74 Å². The molecular weight excluding hydrogens is 388 g/mol. The maximum atomic E-state index is 11.9. The summed E-state index contributed by atoms with van der Waals surface area (Å²) < 4.78 is 9.26. The van der Waals surface area contributed by atoms with Crippen molar-refractivity contribution < 1.29 is 9.53 Å². The summed E-state index contributed by atoms with van der Waals surface area (Å²) in [6, 6.07) is 13.8. The average Bonchev–Trinajstić information content (AvgIpc) is 3.14. The number of imidazole rings is 1. The summed E-state index contributed by atoms with van der Waals surface area (Å²) in [5.74, 6) is -0.293. The van der Waals surface area contributed by atoms with Crippen LogP contribution < -0.4 is 0 Å². The molecule has 0 saturated heterocycles. The summed E-state index contributed by atoms with van der Waals surface area (Å²) in [7, 11) is 0. The minimum Gasteiger partial charge on any atom is -0.462 e. The first-order valence-electron chi connectivity index (χ1n) is 7.50. The van der Waals surface area contributed by atoms with E-state index in [0.29, 0.717) is 12.2 Å². The number of esters is 1. The Morgan fingerprint density at radius 3 is 2.79 bits per heavy atom. The summed E-state index contributed by atoms with van der Waals surface area (Å²) in [5, 5.41) is 0. The third-order valence-corrected chi connectivity index (χ3v) is 5.33. The molecule has 0 aliphatic heterocycles. The number of fused-ring (bicyclic) bond motifs is 3. The van der Waals surface area contributed by atoms with Crippen LogP contribution >= 0.6 is 27.3 Å². The van der Waals surface area contributed by atoms with Gasteiger partial charge in [0, 0.05) is 10.0 Å². The van der Waals surface area contributed by atoms with Gasteiger partial charge in [0.25, 0.3) is 0 Å². The topological polar surface area (TPSA) is 43.6 Å². The van der Waals surface area contributed by atoms with Gasteiger partial charge < -0.3 is 4.74 Å². The molecule has 0 saturated carbocycles. The number of rotatable bonds is 3. The lowest BCUT2D eigenvalue weighted by Gasteiger charge is -2.03. The van der Waals surface area contributed by atoms with Crippen LogP contribution in [0.15, 0.2) is 53.1 Å². The Bertz CT molecular complexity index is 1050. The van der Waals surface area contributed by atoms with Crippen LogP contribution in [-0.4, -0.2) is 22.0 Å². The molecule has 2 aromatic carbocycles. The highest BCUT2D eigenvalue weighted by Gasteiger charge is 2.14. The van der Waals surface area contributed by atoms with Gasteiger partial charge in [0.2, 0.25) is 0 Å². The molecule has 120 valence electrons. The van der Waals surface area contributed by atoms with Crippen LogP contribution in [-0.2, 0) is 4.74 Å². The minimum absolute atomic E-state index is 0.293. The molecular formula is C18H13BrN2O2S. The summed E-state index contributed by atoms with van der Waals surface area (Å²) in [5.41, 5.74) is 3.74. The number of hydrogen-bond acceptors (Lipinski definition) is 4. The number of hydrogen-bond donors (Lipinski definition) is 0. The molecule has 0 atom stereocenters. The van der Waals surface area contributed by atoms with Crippen LogP contribution in [0.25, 0.3) is 26.4 Å². The van der Waals surface area contributed by atoms with Gasteiger partial charge in [-0.05, 0) is 37.3 Å². The summed E-state index contributed by atoms with van der Waals surface area (Å²) >= 11 is 5.03. The van der Waals surface area contributed by atoms with Gasteiger partial charge in [-0.2, -0.15) is 0 Å². The molecule has 0 aliphatic carbocycles. The van der Waals surface area contributed by atoms with Crippen LogP contribution in [0.3, 0.4) is 0 Å². The van der Waals surface area contributed by atoms with Crippen LogP contribution in [0.1, 0.15) is 17.3 Å². The Hall–Kier alpha value is -2.18. The van der Waals surface area contributed by atoms with E-state index in [9.17, 15) is 4.79 Å². The fourth-order valence-corrected chi connectivity index (χ4v) is 3.99. The van der Waals surface area contributed by atoms with E-state index in [1.807, 2.05) is 30.5 Å². The Kier molecular flexibility index (Phi) is 3.86. The lowest BCUT2D eigenvalue weighted by molar-refractivity contribution is 0.0526. The van der Waals surface area contributed by atoms with Crippen molar-refractivity contribution in [1.82, 2.24) is 9.38 Å². The van der Waals surface area contributed by atoms with E-state index in [0.717, 1.165) is 30.9 Å². The van der Waals surface area contributed by atoms with Gasteiger partial charge in [-0.3, -0.25) is 4.40 Å². The highest BCUT2D eigenvalue weighted by atomic mass is 79.9. The molecule has 4 rings (SSSR count). The van der Waals surface area contributed by atoms with E-state index in [-0.39, 0.29) is 5.97 Å². The number of nitrogens with zero attached hydrogens (tertiary/aromatic N) is 2. The number of aromatic nitrogens is 2. The lowest BCUT2D eigenvalue weighted by atomic mass is 10.1. The van der Waals surface area contributed by atoms with Crippen molar-refractivity contribution in [1.29, 1.82) is 0 Å². The number of thiazole rings is 1. The Morgan fingerprint density at radius 1 is 1.25 bits per heavy atom. The highest BCUT2D eigenvalue weighted by molar-refractivity contribution is 9.10. The van der Waals surface area contributed by atoms with Crippen molar-refractivity contribution >= 4 is 48.4 Å². The summed E-state index contributed by atoms with van der Waals surface area (Å²) in [4.78, 5) is 17.3. The van der Waals surface area contributed by atoms with Gasteiger partial charge >= 0.3 is 5.97 Å². The van der Waals surface area contributed by atoms with Crippen LogP contribution in [0.4, 0.5) is 0 Å². The molecule has 0 amide bonds. The molecule has 2 heterocycles. The van der Waals surface area contributed by atoms with Crippen molar-refractivity contribution in [3.05, 3.63) is 58.7 Å². The molecule has 24 heavy (non-hydrogen) atoms. The molecule has 0 aliphatic rings. The Labute approximate surface area is 150 Å². The summed E-state index contributed by atoms with van der Waals surface area (Å²) in [6.45, 7) is 2.18. The van der Waals surface area contributed by atoms with Crippen molar-refractivity contribution in [3.8, 4) is 11.3 Å². The van der Waals surface area contributed by atoms with Gasteiger partial charge in [-0.15, -0.1) is 0 Å². The van der Waals surface area contributed by atoms with Gasteiger partial charge in [-0.25, -0.2) is 9.78 Å². The standard InChI is InChI=1S/C18H13BrN2O2S/c1-2-23-17(22)12-5-8-14-16(9-12)24-18-20-10-15(21(14)18)11-3-6-13(19)7-4-11/h3-10H,2H2,1H3. The molecule has 4 nitrogen and oxygen atoms in total. The van der Waals surface area contributed by atoms with E-state index in [1.165, 1.54) is 0 Å². The fourth-order valence-electron chi connectivity index (χ4n) is 2.68. The second-order valence-electron chi connectivity index (χ2n) is 5.27. The number of halogens is 1. The van der Waals surface area contributed by atoms with Crippen molar-refractivity contribution in [2.75, 3.05) is 6.61 Å². The van der Waals surface area contributed by atoms with E-state index >= 15 is 0 Å². The molecule has 0 bridgehead atoms. The number of carbonyl (C=O) groups excluding carboxylic acids is 1. The SMILES string of the molecule is CCOC(=O)c1ccc2c(c1)sc1ncc(-c3ccc(Br)cc3)n12. The van der Waals surface area contributed by atoms with E-state index in [1.54, 1.807) is 24.3 Å². The predicted molar refractivity (Wildman–Crippen MR) is 99.7 cm³/mol. The molecule has 0 fully saturated rings. The van der Waals surface area contributed by atoms with Crippen molar-refractivity contribution in [2.45, 2.75) is 6.92 Å². The first-order valence-corrected chi connectivity index (χ1v) is 9.11. The first kappa shape index (κ1) is 15.4. The van der Waals surface area contributed by atoms with E-state index < -0.39 is 0 Å². The molecule has 0 unspecified atom stereocenters. The predicted octanol–water partition coefficient (Wildman–Crippen LogP) is 5.16. The molecule has 0 spiro atoms. The fraction of sp³-hybridized carbons (Fsp3) is 0.111. The van der Waals surface area contributed by atoms with Gasteiger partial charge in [0.1, 0.15) is 0 Å². The first-order chi connectivity index (χ1) is 11.7. The highest BCUT2D eigenvalue weighted by Crippen LogP contribution is 2.32. The number of carbonyl (C=O) groups is 1. The molecule has 0 N–H and O–H groups in total. The smallest absolute Gasteiger partial charge is 0.338 e. The quantitative estimate of drug-likeness (QED) is 0.446. The second-order valence-corrected chi connectivity index (χ2v) is 7.20. The maximum absolute atomic E-state index is 11.9. The van der Waals surface area contributed by atoms with Crippen LogP contribution in [0, 0.1) is 0 Å². The van der Waals surface area contributed by atoms with Gasteiger partial charge in [-0.1, -0.05) is 39.4 Å². The van der Waals surface area contributed by atoms with Crippen molar-refractivity contribution in [3.63, 3.8) is 0 Å². The van der Waals surface area contributed by atoms with Gasteiger partial charge in [0.05, 0.1) is 34.3 Å². The zero-order valence-corrected chi connectivity index (χ0v) is 15.2.